The summed E-state index contributed by atoms with van der Waals surface area (Å²) in [4.78, 5) is 15.0. The average Bonchev–Trinajstić information content (AvgIpc) is 2.42. The zero-order valence-corrected chi connectivity index (χ0v) is 8.54. The van der Waals surface area contributed by atoms with Gasteiger partial charge in [-0.2, -0.15) is 4.57 Å². The van der Waals surface area contributed by atoms with Crippen LogP contribution in [0.3, 0.4) is 0 Å². The summed E-state index contributed by atoms with van der Waals surface area (Å²) >= 11 is 1.64. The number of carbonyl (C=O) groups is 1. The van der Waals surface area contributed by atoms with Crippen LogP contribution in [0.1, 0.15) is 5.01 Å². The molecule has 2 aromatic heterocycles. The van der Waals surface area contributed by atoms with Crippen LogP contribution in [0.2, 0.25) is 0 Å². The van der Waals surface area contributed by atoms with Gasteiger partial charge in [0.2, 0.25) is 6.54 Å². The predicted molar refractivity (Wildman–Crippen MR) is 53.7 cm³/mol. The van der Waals surface area contributed by atoms with Crippen molar-refractivity contribution >= 4 is 27.5 Å². The lowest BCUT2D eigenvalue weighted by molar-refractivity contribution is -0.683. The maximum atomic E-state index is 10.7. The second kappa shape index (κ2) is 3.34. The first-order chi connectivity index (χ1) is 6.65. The van der Waals surface area contributed by atoms with Gasteiger partial charge in [0.15, 0.2) is 12.4 Å². The highest BCUT2D eigenvalue weighted by atomic mass is 32.1. The Labute approximate surface area is 85.0 Å². The Morgan fingerprint density at radius 3 is 3.21 bits per heavy atom. The molecule has 0 atom stereocenters. The SMILES string of the molecule is Cc1nc2c[n+](CC(N)=O)ccc2s1. The number of amides is 1. The Kier molecular flexibility index (Phi) is 2.17. The molecule has 14 heavy (non-hydrogen) atoms. The number of pyridine rings is 1. The molecule has 0 saturated heterocycles. The summed E-state index contributed by atoms with van der Waals surface area (Å²) in [5.41, 5.74) is 6.01. The van der Waals surface area contributed by atoms with E-state index in [0.717, 1.165) is 15.2 Å². The van der Waals surface area contributed by atoms with Crippen molar-refractivity contribution in [1.82, 2.24) is 4.98 Å². The molecule has 2 heterocycles. The molecule has 1 amide bonds. The van der Waals surface area contributed by atoms with Crippen LogP contribution in [0.4, 0.5) is 0 Å². The van der Waals surface area contributed by atoms with Gasteiger partial charge >= 0.3 is 0 Å². The number of aromatic nitrogens is 2. The van der Waals surface area contributed by atoms with E-state index in [9.17, 15) is 4.79 Å². The second-order valence-electron chi connectivity index (χ2n) is 3.07. The number of aryl methyl sites for hydroxylation is 1. The van der Waals surface area contributed by atoms with E-state index >= 15 is 0 Å². The molecule has 5 heteroatoms. The second-order valence-corrected chi connectivity index (χ2v) is 4.30. The van der Waals surface area contributed by atoms with Gasteiger partial charge in [0.25, 0.3) is 5.91 Å². The number of carbonyl (C=O) groups excluding carboxylic acids is 1. The van der Waals surface area contributed by atoms with Crippen molar-refractivity contribution in [3.05, 3.63) is 23.5 Å². The van der Waals surface area contributed by atoms with Crippen LogP contribution in [0.15, 0.2) is 18.5 Å². The van der Waals surface area contributed by atoms with E-state index < -0.39 is 0 Å². The summed E-state index contributed by atoms with van der Waals surface area (Å²) in [7, 11) is 0. The van der Waals surface area contributed by atoms with Crippen LogP contribution in [-0.4, -0.2) is 10.9 Å². The zero-order valence-electron chi connectivity index (χ0n) is 7.73. The Hall–Kier alpha value is -1.49. The number of primary amides is 1. The Morgan fingerprint density at radius 1 is 1.71 bits per heavy atom. The Bertz CT molecular complexity index is 492. The molecule has 2 rings (SSSR count). The van der Waals surface area contributed by atoms with Crippen LogP contribution in [0.25, 0.3) is 10.2 Å². The fraction of sp³-hybridized carbons (Fsp3) is 0.222. The van der Waals surface area contributed by atoms with Gasteiger partial charge in [-0.25, -0.2) is 4.98 Å². The summed E-state index contributed by atoms with van der Waals surface area (Å²) in [6.07, 6.45) is 3.67. The minimum Gasteiger partial charge on any atom is -0.364 e. The number of rotatable bonds is 2. The molecule has 4 nitrogen and oxygen atoms in total. The molecular weight excluding hydrogens is 198 g/mol. The number of fused-ring (bicyclic) bond motifs is 1. The number of hydrogen-bond acceptors (Lipinski definition) is 3. The van der Waals surface area contributed by atoms with Crippen LogP contribution in [0, 0.1) is 6.92 Å². The Morgan fingerprint density at radius 2 is 2.50 bits per heavy atom. The topological polar surface area (TPSA) is 59.9 Å². The molecule has 2 N–H and O–H groups in total. The summed E-state index contributed by atoms with van der Waals surface area (Å²) < 4.78 is 2.87. The average molecular weight is 208 g/mol. The molecule has 0 aliphatic carbocycles. The van der Waals surface area contributed by atoms with Crippen molar-refractivity contribution < 1.29 is 9.36 Å². The molecule has 0 aliphatic heterocycles. The van der Waals surface area contributed by atoms with Gasteiger partial charge in [-0.1, -0.05) is 0 Å². The van der Waals surface area contributed by atoms with E-state index in [4.69, 9.17) is 5.73 Å². The van der Waals surface area contributed by atoms with Crippen molar-refractivity contribution in [3.63, 3.8) is 0 Å². The third kappa shape index (κ3) is 1.72. The molecule has 72 valence electrons. The van der Waals surface area contributed by atoms with E-state index in [1.807, 2.05) is 25.4 Å². The molecule has 0 radical (unpaired) electrons. The molecule has 0 unspecified atom stereocenters. The molecule has 0 fully saturated rings. The molecule has 0 aliphatic rings. The normalized spacial score (nSPS) is 10.6. The van der Waals surface area contributed by atoms with Gasteiger partial charge in [0.1, 0.15) is 5.52 Å². The smallest absolute Gasteiger partial charge is 0.283 e. The van der Waals surface area contributed by atoms with E-state index in [1.54, 1.807) is 15.9 Å². The van der Waals surface area contributed by atoms with E-state index in [0.29, 0.717) is 0 Å². The lowest BCUT2D eigenvalue weighted by Crippen LogP contribution is -2.39. The first-order valence-corrected chi connectivity index (χ1v) is 5.01. The van der Waals surface area contributed by atoms with Gasteiger partial charge in [0.05, 0.1) is 9.71 Å². The molecule has 2 aromatic rings. The number of nitrogens with zero attached hydrogens (tertiary/aromatic N) is 2. The molecule has 0 bridgehead atoms. The highest BCUT2D eigenvalue weighted by Gasteiger charge is 2.08. The summed E-state index contributed by atoms with van der Waals surface area (Å²) in [6.45, 7) is 2.16. The maximum Gasteiger partial charge on any atom is 0.283 e. The molecular formula is C9H10N3OS+. The van der Waals surface area contributed by atoms with Gasteiger partial charge in [0, 0.05) is 6.07 Å². The molecule has 0 aromatic carbocycles. The number of hydrogen-bond donors (Lipinski definition) is 1. The van der Waals surface area contributed by atoms with E-state index in [-0.39, 0.29) is 12.5 Å². The van der Waals surface area contributed by atoms with Gasteiger partial charge in [-0.3, -0.25) is 4.79 Å². The lowest BCUT2D eigenvalue weighted by atomic mass is 10.4. The minimum atomic E-state index is -0.346. The largest absolute Gasteiger partial charge is 0.364 e. The molecule has 0 saturated carbocycles. The fourth-order valence-electron chi connectivity index (χ4n) is 1.31. The van der Waals surface area contributed by atoms with Crippen LogP contribution in [0.5, 0.6) is 0 Å². The number of nitrogens with two attached hydrogens (primary N) is 1. The van der Waals surface area contributed by atoms with Crippen molar-refractivity contribution in [3.8, 4) is 0 Å². The Balaban J connectivity index is 2.45. The van der Waals surface area contributed by atoms with E-state index in [1.165, 1.54) is 0 Å². The zero-order chi connectivity index (χ0) is 10.1. The first-order valence-electron chi connectivity index (χ1n) is 4.20. The van der Waals surface area contributed by atoms with Crippen molar-refractivity contribution in [2.45, 2.75) is 13.5 Å². The lowest BCUT2D eigenvalue weighted by Gasteiger charge is -1.91. The minimum absolute atomic E-state index is 0.201. The van der Waals surface area contributed by atoms with Crippen molar-refractivity contribution in [2.24, 2.45) is 5.73 Å². The third-order valence-electron chi connectivity index (χ3n) is 1.83. The van der Waals surface area contributed by atoms with E-state index in [2.05, 4.69) is 4.98 Å². The third-order valence-corrected chi connectivity index (χ3v) is 2.78. The van der Waals surface area contributed by atoms with Gasteiger partial charge in [-0.15, -0.1) is 11.3 Å². The van der Waals surface area contributed by atoms with Gasteiger partial charge in [-0.05, 0) is 6.92 Å². The standard InChI is InChI=1S/C9H9N3OS/c1-6-11-7-4-12(5-9(10)13)3-2-8(7)14-6/h2-4H,5H2,1H3,(H-,10,13)/p+1. The van der Waals surface area contributed by atoms with Crippen molar-refractivity contribution in [1.29, 1.82) is 0 Å². The quantitative estimate of drug-likeness (QED) is 0.725. The summed E-state index contributed by atoms with van der Waals surface area (Å²) in [5.74, 6) is -0.346. The van der Waals surface area contributed by atoms with Crippen LogP contribution >= 0.6 is 11.3 Å². The van der Waals surface area contributed by atoms with Crippen LogP contribution in [-0.2, 0) is 11.3 Å². The maximum absolute atomic E-state index is 10.7. The van der Waals surface area contributed by atoms with Gasteiger partial charge < -0.3 is 5.73 Å². The van der Waals surface area contributed by atoms with Crippen molar-refractivity contribution in [2.75, 3.05) is 0 Å². The fourth-order valence-corrected chi connectivity index (χ4v) is 2.11. The van der Waals surface area contributed by atoms with Crippen LogP contribution < -0.4 is 10.3 Å². The molecule has 0 spiro atoms. The highest BCUT2D eigenvalue weighted by Crippen LogP contribution is 2.18. The monoisotopic (exact) mass is 208 g/mol. The summed E-state index contributed by atoms with van der Waals surface area (Å²) in [5, 5.41) is 1.02. The predicted octanol–water partition coefficient (Wildman–Crippen LogP) is 0.378. The first kappa shape index (κ1) is 9.08. The highest BCUT2D eigenvalue weighted by molar-refractivity contribution is 7.18. The summed E-state index contributed by atoms with van der Waals surface area (Å²) in [6, 6.07) is 1.95. The number of thiazole rings is 1.